The number of hydrogen-bond acceptors (Lipinski definition) is 4. The van der Waals surface area contributed by atoms with E-state index >= 15 is 0 Å². The molecular formula is C16H27N3O2. The summed E-state index contributed by atoms with van der Waals surface area (Å²) in [5, 5.41) is 3.25. The minimum absolute atomic E-state index is 0.357. The first kappa shape index (κ1) is 17.6. The first-order chi connectivity index (χ1) is 10.1. The zero-order valence-electron chi connectivity index (χ0n) is 13.3. The van der Waals surface area contributed by atoms with Crippen LogP contribution in [0.4, 0.5) is 0 Å². The van der Waals surface area contributed by atoms with Gasteiger partial charge in [0, 0.05) is 20.2 Å². The molecule has 0 radical (unpaired) electrons. The Morgan fingerprint density at radius 1 is 1.38 bits per heavy atom. The number of amides is 1. The van der Waals surface area contributed by atoms with E-state index in [1.807, 2.05) is 24.3 Å². The van der Waals surface area contributed by atoms with Gasteiger partial charge in [0.15, 0.2) is 0 Å². The summed E-state index contributed by atoms with van der Waals surface area (Å²) in [5.74, 6) is -0.357. The number of carbonyl (C=O) groups is 1. The molecule has 0 heterocycles. The van der Waals surface area contributed by atoms with Crippen LogP contribution >= 0.6 is 0 Å². The summed E-state index contributed by atoms with van der Waals surface area (Å²) in [5.41, 5.74) is 7.45. The Hall–Kier alpha value is -1.43. The van der Waals surface area contributed by atoms with Gasteiger partial charge in [0.05, 0.1) is 6.61 Å². The van der Waals surface area contributed by atoms with Gasteiger partial charge < -0.3 is 20.7 Å². The van der Waals surface area contributed by atoms with Crippen LogP contribution in [0.3, 0.4) is 0 Å². The van der Waals surface area contributed by atoms with E-state index in [0.717, 1.165) is 37.3 Å². The predicted molar refractivity (Wildman–Crippen MR) is 84.9 cm³/mol. The van der Waals surface area contributed by atoms with Gasteiger partial charge in [0.25, 0.3) is 0 Å². The zero-order valence-corrected chi connectivity index (χ0v) is 13.3. The number of nitrogens with one attached hydrogen (secondary N) is 1. The van der Waals surface area contributed by atoms with Crippen molar-refractivity contribution in [1.82, 2.24) is 10.2 Å². The Morgan fingerprint density at radius 3 is 2.67 bits per heavy atom. The third-order valence-corrected chi connectivity index (χ3v) is 3.55. The minimum atomic E-state index is -0.461. The summed E-state index contributed by atoms with van der Waals surface area (Å²) in [6.45, 7) is 8.41. The van der Waals surface area contributed by atoms with Crippen molar-refractivity contribution in [2.75, 3.05) is 33.3 Å². The molecule has 0 aromatic heterocycles. The second-order valence-electron chi connectivity index (χ2n) is 4.99. The monoisotopic (exact) mass is 293 g/mol. The smallest absolute Gasteiger partial charge is 0.239 e. The summed E-state index contributed by atoms with van der Waals surface area (Å²) < 4.78 is 5.12. The Bertz CT molecular complexity index is 433. The van der Waals surface area contributed by atoms with Gasteiger partial charge in [0.2, 0.25) is 5.91 Å². The molecule has 1 aromatic rings. The van der Waals surface area contributed by atoms with Gasteiger partial charge in [-0.05, 0) is 24.2 Å². The summed E-state index contributed by atoms with van der Waals surface area (Å²) >= 11 is 0. The quantitative estimate of drug-likeness (QED) is 0.682. The molecule has 1 unspecified atom stereocenters. The van der Waals surface area contributed by atoms with Crippen molar-refractivity contribution < 1.29 is 9.53 Å². The molecule has 1 rings (SSSR count). The maximum absolute atomic E-state index is 11.7. The van der Waals surface area contributed by atoms with Crippen molar-refractivity contribution in [3.05, 3.63) is 35.4 Å². The van der Waals surface area contributed by atoms with Gasteiger partial charge >= 0.3 is 0 Å². The molecule has 0 saturated carbocycles. The molecule has 0 saturated heterocycles. The molecule has 1 aromatic carbocycles. The number of nitrogens with two attached hydrogens (primary N) is 1. The summed E-state index contributed by atoms with van der Waals surface area (Å²) in [4.78, 5) is 14.0. The first-order valence-electron chi connectivity index (χ1n) is 7.45. The van der Waals surface area contributed by atoms with E-state index in [2.05, 4.69) is 24.1 Å². The maximum Gasteiger partial charge on any atom is 0.239 e. The lowest BCUT2D eigenvalue weighted by Crippen LogP contribution is -2.38. The second kappa shape index (κ2) is 9.50. The number of likely N-dealkylation sites (N-methyl/N-ethyl adjacent to an activating group) is 1. The summed E-state index contributed by atoms with van der Waals surface area (Å²) in [7, 11) is 1.65. The van der Waals surface area contributed by atoms with Gasteiger partial charge in [-0.2, -0.15) is 0 Å². The Morgan fingerprint density at radius 2 is 2.10 bits per heavy atom. The molecular weight excluding hydrogens is 266 g/mol. The van der Waals surface area contributed by atoms with Gasteiger partial charge in [-0.15, -0.1) is 0 Å². The van der Waals surface area contributed by atoms with E-state index < -0.39 is 6.04 Å². The van der Waals surface area contributed by atoms with Crippen molar-refractivity contribution in [1.29, 1.82) is 0 Å². The summed E-state index contributed by atoms with van der Waals surface area (Å²) in [6.07, 6.45) is 0. The fourth-order valence-corrected chi connectivity index (χ4v) is 2.32. The standard InChI is InChI=1S/C16H27N3O2/c1-4-19(5-2)10-9-18-15(16(17)20)14-8-6-7-13(11-14)12-21-3/h6-8,11,15,18H,4-5,9-10,12H2,1-3H3,(H2,17,20). The number of carbonyl (C=O) groups excluding carboxylic acids is 1. The van der Waals surface area contributed by atoms with Gasteiger partial charge in [-0.3, -0.25) is 4.79 Å². The van der Waals surface area contributed by atoms with Crippen molar-refractivity contribution in [2.45, 2.75) is 26.5 Å². The second-order valence-corrected chi connectivity index (χ2v) is 4.99. The van der Waals surface area contributed by atoms with E-state index in [0.29, 0.717) is 6.61 Å². The van der Waals surface area contributed by atoms with Gasteiger partial charge in [-0.25, -0.2) is 0 Å². The lowest BCUT2D eigenvalue weighted by molar-refractivity contribution is -0.120. The molecule has 118 valence electrons. The Balaban J connectivity index is 2.68. The number of rotatable bonds is 10. The molecule has 0 fully saturated rings. The van der Waals surface area contributed by atoms with Crippen molar-refractivity contribution in [3.63, 3.8) is 0 Å². The highest BCUT2D eigenvalue weighted by molar-refractivity contribution is 5.81. The fourth-order valence-electron chi connectivity index (χ4n) is 2.32. The third kappa shape index (κ3) is 5.83. The molecule has 0 bridgehead atoms. The van der Waals surface area contributed by atoms with Gasteiger partial charge in [-0.1, -0.05) is 38.1 Å². The highest BCUT2D eigenvalue weighted by Crippen LogP contribution is 2.15. The number of benzene rings is 1. The lowest BCUT2D eigenvalue weighted by atomic mass is 10.0. The minimum Gasteiger partial charge on any atom is -0.380 e. The van der Waals surface area contributed by atoms with E-state index in [-0.39, 0.29) is 5.91 Å². The molecule has 0 aliphatic carbocycles. The number of hydrogen-bond donors (Lipinski definition) is 2. The average molecular weight is 293 g/mol. The van der Waals surface area contributed by atoms with Crippen LogP contribution in [0.5, 0.6) is 0 Å². The normalized spacial score (nSPS) is 12.6. The maximum atomic E-state index is 11.7. The average Bonchev–Trinajstić information content (AvgIpc) is 2.48. The van der Waals surface area contributed by atoms with Crippen LogP contribution in [0.2, 0.25) is 0 Å². The molecule has 0 aliphatic rings. The van der Waals surface area contributed by atoms with E-state index in [9.17, 15) is 4.79 Å². The molecule has 0 spiro atoms. The largest absolute Gasteiger partial charge is 0.380 e. The Labute approximate surface area is 127 Å². The molecule has 0 aliphatic heterocycles. The Kier molecular flexibility index (Phi) is 7.97. The lowest BCUT2D eigenvalue weighted by Gasteiger charge is -2.21. The molecule has 1 amide bonds. The molecule has 5 heteroatoms. The molecule has 3 N–H and O–H groups in total. The van der Waals surface area contributed by atoms with Crippen LogP contribution in [-0.4, -0.2) is 44.1 Å². The van der Waals surface area contributed by atoms with Crippen molar-refractivity contribution >= 4 is 5.91 Å². The van der Waals surface area contributed by atoms with E-state index in [4.69, 9.17) is 10.5 Å². The van der Waals surface area contributed by atoms with Crippen LogP contribution in [0.15, 0.2) is 24.3 Å². The predicted octanol–water partition coefficient (Wildman–Crippen LogP) is 1.29. The summed E-state index contributed by atoms with van der Waals surface area (Å²) in [6, 6.07) is 7.31. The van der Waals surface area contributed by atoms with Crippen molar-refractivity contribution in [2.24, 2.45) is 5.73 Å². The van der Waals surface area contributed by atoms with Crippen LogP contribution in [0, 0.1) is 0 Å². The van der Waals surface area contributed by atoms with Crippen LogP contribution < -0.4 is 11.1 Å². The SMILES string of the molecule is CCN(CC)CCNC(C(N)=O)c1cccc(COC)c1. The zero-order chi connectivity index (χ0) is 15.7. The molecule has 21 heavy (non-hydrogen) atoms. The molecule has 1 atom stereocenters. The van der Waals surface area contributed by atoms with Crippen molar-refractivity contribution in [3.8, 4) is 0 Å². The number of methoxy groups -OCH3 is 1. The number of primary amides is 1. The molecule has 5 nitrogen and oxygen atoms in total. The van der Waals surface area contributed by atoms with E-state index in [1.54, 1.807) is 7.11 Å². The topological polar surface area (TPSA) is 67.6 Å². The van der Waals surface area contributed by atoms with E-state index in [1.165, 1.54) is 0 Å². The fraction of sp³-hybridized carbons (Fsp3) is 0.562. The third-order valence-electron chi connectivity index (χ3n) is 3.55. The first-order valence-corrected chi connectivity index (χ1v) is 7.45. The number of ether oxygens (including phenoxy) is 1. The highest BCUT2D eigenvalue weighted by Gasteiger charge is 2.17. The van der Waals surface area contributed by atoms with Crippen LogP contribution in [-0.2, 0) is 16.1 Å². The van der Waals surface area contributed by atoms with Crippen LogP contribution in [0.25, 0.3) is 0 Å². The highest BCUT2D eigenvalue weighted by atomic mass is 16.5. The van der Waals surface area contributed by atoms with Gasteiger partial charge in [0.1, 0.15) is 6.04 Å². The van der Waals surface area contributed by atoms with Crippen LogP contribution in [0.1, 0.15) is 31.0 Å². The number of nitrogens with zero attached hydrogens (tertiary/aromatic N) is 1.